The van der Waals surface area contributed by atoms with Gasteiger partial charge in [0, 0.05) is 16.6 Å². The largest absolute Gasteiger partial charge is 0.394 e. The van der Waals surface area contributed by atoms with E-state index in [1.165, 1.54) is 0 Å². The Morgan fingerprint density at radius 3 is 2.44 bits per heavy atom. The molecule has 0 saturated carbocycles. The van der Waals surface area contributed by atoms with Crippen LogP contribution in [0.5, 0.6) is 0 Å². The van der Waals surface area contributed by atoms with Crippen LogP contribution in [0.4, 0.5) is 0 Å². The van der Waals surface area contributed by atoms with E-state index in [2.05, 4.69) is 5.32 Å². The third kappa shape index (κ3) is 3.98. The summed E-state index contributed by atoms with van der Waals surface area (Å²) in [7, 11) is 0. The molecule has 0 heterocycles. The van der Waals surface area contributed by atoms with E-state index < -0.39 is 11.9 Å². The molecule has 0 radical (unpaired) electrons. The van der Waals surface area contributed by atoms with Crippen LogP contribution in [0.3, 0.4) is 0 Å². The monoisotopic (exact) mass is 262 g/mol. The van der Waals surface area contributed by atoms with Gasteiger partial charge in [0.1, 0.15) is 6.04 Å². The van der Waals surface area contributed by atoms with Gasteiger partial charge in [0.15, 0.2) is 0 Å². The molecule has 88 valence electrons. The highest BCUT2D eigenvalue weighted by atomic mass is 35.5. The Morgan fingerprint density at radius 1 is 1.38 bits per heavy atom. The lowest BCUT2D eigenvalue weighted by molar-refractivity contribution is -0.123. The molecule has 0 aliphatic heterocycles. The molecular weight excluding hydrogens is 251 g/mol. The Morgan fingerprint density at radius 2 is 1.94 bits per heavy atom. The first-order valence-corrected chi connectivity index (χ1v) is 5.37. The second-order valence-electron chi connectivity index (χ2n) is 3.28. The van der Waals surface area contributed by atoms with Gasteiger partial charge in [-0.3, -0.25) is 4.79 Å². The van der Waals surface area contributed by atoms with Crippen molar-refractivity contribution < 1.29 is 9.90 Å². The van der Waals surface area contributed by atoms with Crippen LogP contribution >= 0.6 is 23.2 Å². The van der Waals surface area contributed by atoms with E-state index >= 15 is 0 Å². The molecule has 1 unspecified atom stereocenters. The van der Waals surface area contributed by atoms with E-state index in [0.717, 1.165) is 5.56 Å². The third-order valence-corrected chi connectivity index (χ3v) is 2.36. The van der Waals surface area contributed by atoms with Crippen LogP contribution in [-0.2, 0) is 11.3 Å². The molecule has 16 heavy (non-hydrogen) atoms. The molecule has 1 aromatic carbocycles. The summed E-state index contributed by atoms with van der Waals surface area (Å²) in [5, 5.41) is 12.2. The maximum Gasteiger partial charge on any atom is 0.239 e. The van der Waals surface area contributed by atoms with E-state index in [1.54, 1.807) is 18.2 Å². The Balaban J connectivity index is 2.58. The molecule has 1 atom stereocenters. The Kier molecular flexibility index (Phi) is 5.02. The summed E-state index contributed by atoms with van der Waals surface area (Å²) in [5.74, 6) is -0.418. The smallest absolute Gasteiger partial charge is 0.239 e. The van der Waals surface area contributed by atoms with E-state index in [4.69, 9.17) is 34.0 Å². The van der Waals surface area contributed by atoms with Crippen molar-refractivity contribution in [2.75, 3.05) is 6.61 Å². The Bertz CT molecular complexity index is 365. The second-order valence-corrected chi connectivity index (χ2v) is 4.16. The average molecular weight is 263 g/mol. The highest BCUT2D eigenvalue weighted by molar-refractivity contribution is 6.34. The van der Waals surface area contributed by atoms with Crippen LogP contribution in [0.15, 0.2) is 18.2 Å². The molecule has 0 aliphatic rings. The van der Waals surface area contributed by atoms with Crippen molar-refractivity contribution in [2.45, 2.75) is 12.6 Å². The van der Waals surface area contributed by atoms with Gasteiger partial charge in [0.05, 0.1) is 6.61 Å². The van der Waals surface area contributed by atoms with Gasteiger partial charge in [-0.05, 0) is 23.8 Å². The minimum Gasteiger partial charge on any atom is -0.394 e. The highest BCUT2D eigenvalue weighted by Crippen LogP contribution is 2.18. The van der Waals surface area contributed by atoms with Gasteiger partial charge in [0.25, 0.3) is 0 Å². The molecular formula is C10H12Cl2N2O2. The number of halogens is 2. The molecule has 4 nitrogen and oxygen atoms in total. The third-order valence-electron chi connectivity index (χ3n) is 1.92. The van der Waals surface area contributed by atoms with Crippen LogP contribution in [-0.4, -0.2) is 23.7 Å². The van der Waals surface area contributed by atoms with E-state index in [-0.39, 0.29) is 13.2 Å². The number of nitrogens with two attached hydrogens (primary N) is 1. The minimum absolute atomic E-state index is 0.271. The lowest BCUT2D eigenvalue weighted by atomic mass is 10.2. The number of aliphatic hydroxyl groups excluding tert-OH is 1. The SMILES string of the molecule is NC(CO)C(=O)NCc1cc(Cl)cc(Cl)c1. The number of hydrogen-bond donors (Lipinski definition) is 3. The summed E-state index contributed by atoms with van der Waals surface area (Å²) >= 11 is 11.6. The molecule has 0 spiro atoms. The van der Waals surface area contributed by atoms with E-state index in [9.17, 15) is 4.79 Å². The summed E-state index contributed by atoms with van der Waals surface area (Å²) < 4.78 is 0. The van der Waals surface area contributed by atoms with Gasteiger partial charge in [-0.15, -0.1) is 0 Å². The quantitative estimate of drug-likeness (QED) is 0.756. The maximum atomic E-state index is 11.3. The molecule has 0 aliphatic carbocycles. The number of carbonyl (C=O) groups excluding carboxylic acids is 1. The molecule has 0 bridgehead atoms. The van der Waals surface area contributed by atoms with Crippen LogP contribution in [0, 0.1) is 0 Å². The first-order valence-electron chi connectivity index (χ1n) is 4.62. The lowest BCUT2D eigenvalue weighted by Crippen LogP contribution is -2.42. The van der Waals surface area contributed by atoms with Gasteiger partial charge in [-0.25, -0.2) is 0 Å². The predicted molar refractivity (Wildman–Crippen MR) is 63.4 cm³/mol. The van der Waals surface area contributed by atoms with Crippen LogP contribution in [0.1, 0.15) is 5.56 Å². The lowest BCUT2D eigenvalue weighted by Gasteiger charge is -2.09. The molecule has 4 N–H and O–H groups in total. The first-order chi connectivity index (χ1) is 7.52. The van der Waals surface area contributed by atoms with Crippen LogP contribution < -0.4 is 11.1 Å². The summed E-state index contributed by atoms with van der Waals surface area (Å²) in [6.07, 6.45) is 0. The molecule has 0 fully saturated rings. The van der Waals surface area contributed by atoms with Crippen LogP contribution in [0.2, 0.25) is 10.0 Å². The normalized spacial score (nSPS) is 12.2. The zero-order chi connectivity index (χ0) is 12.1. The Hall–Kier alpha value is -0.810. The molecule has 1 aromatic rings. The topological polar surface area (TPSA) is 75.3 Å². The first kappa shape index (κ1) is 13.3. The van der Waals surface area contributed by atoms with Crippen molar-refractivity contribution in [3.8, 4) is 0 Å². The fourth-order valence-electron chi connectivity index (χ4n) is 1.12. The van der Waals surface area contributed by atoms with Crippen molar-refractivity contribution in [2.24, 2.45) is 5.73 Å². The predicted octanol–water partition coefficient (Wildman–Crippen LogP) is 0.929. The number of nitrogens with one attached hydrogen (secondary N) is 1. The zero-order valence-corrected chi connectivity index (χ0v) is 9.92. The molecule has 1 rings (SSSR count). The van der Waals surface area contributed by atoms with Crippen LogP contribution in [0.25, 0.3) is 0 Å². The van der Waals surface area contributed by atoms with E-state index in [0.29, 0.717) is 10.0 Å². The minimum atomic E-state index is -0.908. The summed E-state index contributed by atoms with van der Waals surface area (Å²) in [5.41, 5.74) is 6.10. The standard InChI is InChI=1S/C10H12Cl2N2O2/c11-7-1-6(2-8(12)3-7)4-14-10(16)9(13)5-15/h1-3,9,15H,4-5,13H2,(H,14,16). The maximum absolute atomic E-state index is 11.3. The molecule has 0 aromatic heterocycles. The number of hydrogen-bond acceptors (Lipinski definition) is 3. The Labute approximate surface area is 103 Å². The van der Waals surface area contributed by atoms with Gasteiger partial charge < -0.3 is 16.2 Å². The van der Waals surface area contributed by atoms with Gasteiger partial charge in [-0.2, -0.15) is 0 Å². The van der Waals surface area contributed by atoms with Gasteiger partial charge in [-0.1, -0.05) is 23.2 Å². The van der Waals surface area contributed by atoms with E-state index in [1.807, 2.05) is 0 Å². The average Bonchev–Trinajstić information content (AvgIpc) is 2.23. The number of aliphatic hydroxyl groups is 1. The van der Waals surface area contributed by atoms with Crippen molar-refractivity contribution in [1.29, 1.82) is 0 Å². The van der Waals surface area contributed by atoms with Gasteiger partial charge >= 0.3 is 0 Å². The molecule has 0 saturated heterocycles. The van der Waals surface area contributed by atoms with Gasteiger partial charge in [0.2, 0.25) is 5.91 Å². The number of benzene rings is 1. The summed E-state index contributed by atoms with van der Waals surface area (Å²) in [4.78, 5) is 11.3. The number of amides is 1. The second kappa shape index (κ2) is 6.06. The van der Waals surface area contributed by atoms with Crippen molar-refractivity contribution in [3.63, 3.8) is 0 Å². The number of carbonyl (C=O) groups is 1. The fraction of sp³-hybridized carbons (Fsp3) is 0.300. The summed E-state index contributed by atoms with van der Waals surface area (Å²) in [6.45, 7) is -0.116. The molecule has 6 heteroatoms. The van der Waals surface area contributed by atoms with Crippen molar-refractivity contribution >= 4 is 29.1 Å². The fourth-order valence-corrected chi connectivity index (χ4v) is 1.69. The van der Waals surface area contributed by atoms with Crippen molar-refractivity contribution in [3.05, 3.63) is 33.8 Å². The zero-order valence-electron chi connectivity index (χ0n) is 8.41. The summed E-state index contributed by atoms with van der Waals surface area (Å²) in [6, 6.07) is 4.08. The molecule has 1 amide bonds. The van der Waals surface area contributed by atoms with Crippen molar-refractivity contribution in [1.82, 2.24) is 5.32 Å². The number of rotatable bonds is 4. The highest BCUT2D eigenvalue weighted by Gasteiger charge is 2.11.